The van der Waals surface area contributed by atoms with Gasteiger partial charge in [0.25, 0.3) is 0 Å². The standard InChI is InChI=1S/C21H26N2O2/c1-6-16-7-10-18(11-8-16)23-15(2)13-19(22(23)3)17-9-12-20(24-4)21(14-17)25-5/h7-14,19H,6H2,1-5H3. The van der Waals surface area contributed by atoms with Crippen LogP contribution in [0, 0.1) is 0 Å². The fourth-order valence-electron chi connectivity index (χ4n) is 3.39. The van der Waals surface area contributed by atoms with E-state index in [4.69, 9.17) is 9.47 Å². The summed E-state index contributed by atoms with van der Waals surface area (Å²) >= 11 is 0. The summed E-state index contributed by atoms with van der Waals surface area (Å²) < 4.78 is 10.8. The van der Waals surface area contributed by atoms with E-state index in [9.17, 15) is 0 Å². The monoisotopic (exact) mass is 338 g/mol. The van der Waals surface area contributed by atoms with Crippen LogP contribution in [0.3, 0.4) is 0 Å². The van der Waals surface area contributed by atoms with Crippen molar-refractivity contribution in [1.29, 1.82) is 0 Å². The predicted octanol–water partition coefficient (Wildman–Crippen LogP) is 4.58. The number of rotatable bonds is 5. The van der Waals surface area contributed by atoms with Crippen molar-refractivity contribution >= 4 is 5.69 Å². The molecule has 3 rings (SSSR count). The maximum atomic E-state index is 5.46. The molecule has 0 aromatic heterocycles. The Balaban J connectivity index is 1.90. The van der Waals surface area contributed by atoms with Crippen molar-refractivity contribution in [3.8, 4) is 11.5 Å². The smallest absolute Gasteiger partial charge is 0.161 e. The molecule has 1 atom stereocenters. The van der Waals surface area contributed by atoms with Gasteiger partial charge >= 0.3 is 0 Å². The molecule has 1 heterocycles. The van der Waals surface area contributed by atoms with E-state index in [1.54, 1.807) is 14.2 Å². The van der Waals surface area contributed by atoms with Gasteiger partial charge in [-0.2, -0.15) is 0 Å². The van der Waals surface area contributed by atoms with E-state index in [2.05, 4.69) is 67.3 Å². The maximum Gasteiger partial charge on any atom is 0.161 e. The third-order valence-corrected chi connectivity index (χ3v) is 4.79. The number of likely N-dealkylation sites (N-methyl/N-ethyl adjacent to an activating group) is 1. The number of nitrogens with zero attached hydrogens (tertiary/aromatic N) is 2. The normalized spacial score (nSPS) is 17.6. The molecule has 2 aromatic carbocycles. The van der Waals surface area contributed by atoms with E-state index >= 15 is 0 Å². The minimum Gasteiger partial charge on any atom is -0.493 e. The lowest BCUT2D eigenvalue weighted by atomic mass is 10.1. The Hall–Kier alpha value is -2.46. The lowest BCUT2D eigenvalue weighted by Gasteiger charge is -2.32. The second-order valence-electron chi connectivity index (χ2n) is 6.27. The quantitative estimate of drug-likeness (QED) is 0.797. The summed E-state index contributed by atoms with van der Waals surface area (Å²) in [5.41, 5.74) is 4.92. The molecule has 0 bridgehead atoms. The summed E-state index contributed by atoms with van der Waals surface area (Å²) in [7, 11) is 5.44. The number of anilines is 1. The van der Waals surface area contributed by atoms with Crippen LogP contribution < -0.4 is 14.5 Å². The van der Waals surface area contributed by atoms with Crippen LogP contribution in [0.2, 0.25) is 0 Å². The topological polar surface area (TPSA) is 24.9 Å². The van der Waals surface area contributed by atoms with Crippen LogP contribution in [0.25, 0.3) is 0 Å². The van der Waals surface area contributed by atoms with Crippen LogP contribution >= 0.6 is 0 Å². The second-order valence-corrected chi connectivity index (χ2v) is 6.27. The van der Waals surface area contributed by atoms with Gasteiger partial charge in [-0.25, -0.2) is 5.01 Å². The van der Waals surface area contributed by atoms with Crippen LogP contribution in [0.15, 0.2) is 54.2 Å². The molecule has 25 heavy (non-hydrogen) atoms. The first kappa shape index (κ1) is 17.4. The lowest BCUT2D eigenvalue weighted by Crippen LogP contribution is -2.35. The van der Waals surface area contributed by atoms with Gasteiger partial charge in [0.15, 0.2) is 11.5 Å². The van der Waals surface area contributed by atoms with Gasteiger partial charge in [0.05, 0.1) is 25.9 Å². The van der Waals surface area contributed by atoms with Gasteiger partial charge in [-0.05, 0) is 54.8 Å². The van der Waals surface area contributed by atoms with Crippen molar-refractivity contribution in [2.45, 2.75) is 26.3 Å². The van der Waals surface area contributed by atoms with Crippen LogP contribution in [-0.2, 0) is 6.42 Å². The van der Waals surface area contributed by atoms with Crippen LogP contribution in [-0.4, -0.2) is 26.3 Å². The van der Waals surface area contributed by atoms with Crippen molar-refractivity contribution in [3.63, 3.8) is 0 Å². The van der Waals surface area contributed by atoms with Gasteiger partial charge in [0.1, 0.15) is 0 Å². The van der Waals surface area contributed by atoms with Crippen molar-refractivity contribution in [3.05, 3.63) is 65.4 Å². The fraction of sp³-hybridized carbons (Fsp3) is 0.333. The molecule has 2 aromatic rings. The summed E-state index contributed by atoms with van der Waals surface area (Å²) in [6.45, 7) is 4.32. The molecule has 4 heteroatoms. The summed E-state index contributed by atoms with van der Waals surface area (Å²) in [6, 6.07) is 15.0. The highest BCUT2D eigenvalue weighted by molar-refractivity contribution is 5.55. The summed E-state index contributed by atoms with van der Waals surface area (Å²) in [6.07, 6.45) is 3.33. The number of hydrazine groups is 1. The molecule has 0 saturated heterocycles. The molecule has 132 valence electrons. The molecular weight excluding hydrogens is 312 g/mol. The molecule has 4 nitrogen and oxygen atoms in total. The first-order chi connectivity index (χ1) is 12.1. The predicted molar refractivity (Wildman–Crippen MR) is 102 cm³/mol. The lowest BCUT2D eigenvalue weighted by molar-refractivity contribution is 0.304. The summed E-state index contributed by atoms with van der Waals surface area (Å²) in [4.78, 5) is 0. The number of ether oxygens (including phenoxy) is 2. The molecule has 1 unspecified atom stereocenters. The minimum atomic E-state index is 0.158. The fourth-order valence-corrected chi connectivity index (χ4v) is 3.39. The zero-order valence-corrected chi connectivity index (χ0v) is 15.6. The van der Waals surface area contributed by atoms with Crippen molar-refractivity contribution in [1.82, 2.24) is 5.01 Å². The number of aryl methyl sites for hydroxylation is 1. The van der Waals surface area contributed by atoms with Gasteiger partial charge < -0.3 is 9.47 Å². The Labute approximate surface area is 150 Å². The molecule has 0 N–H and O–H groups in total. The van der Waals surface area contributed by atoms with Crippen molar-refractivity contribution < 1.29 is 9.47 Å². The molecule has 1 aliphatic rings. The highest BCUT2D eigenvalue weighted by atomic mass is 16.5. The van der Waals surface area contributed by atoms with Gasteiger partial charge in [-0.1, -0.05) is 25.1 Å². The maximum absolute atomic E-state index is 5.46. The molecule has 0 fully saturated rings. The van der Waals surface area contributed by atoms with E-state index < -0.39 is 0 Å². The average molecular weight is 338 g/mol. The molecule has 0 amide bonds. The Morgan fingerprint density at radius 2 is 1.64 bits per heavy atom. The number of allylic oxidation sites excluding steroid dienone is 1. The Morgan fingerprint density at radius 3 is 2.24 bits per heavy atom. The SMILES string of the molecule is CCc1ccc(N2C(C)=CC(c3ccc(OC)c(OC)c3)N2C)cc1. The molecular formula is C21H26N2O2. The average Bonchev–Trinajstić information content (AvgIpc) is 2.95. The van der Waals surface area contributed by atoms with E-state index in [1.165, 1.54) is 22.5 Å². The zero-order valence-electron chi connectivity index (χ0n) is 15.6. The van der Waals surface area contributed by atoms with Gasteiger partial charge in [0.2, 0.25) is 0 Å². The molecule has 0 radical (unpaired) electrons. The molecule has 1 aliphatic heterocycles. The van der Waals surface area contributed by atoms with E-state index in [0.29, 0.717) is 0 Å². The van der Waals surface area contributed by atoms with Crippen LogP contribution in [0.4, 0.5) is 5.69 Å². The van der Waals surface area contributed by atoms with Gasteiger partial charge in [-0.3, -0.25) is 5.01 Å². The number of hydrogen-bond donors (Lipinski definition) is 0. The van der Waals surface area contributed by atoms with E-state index in [-0.39, 0.29) is 6.04 Å². The summed E-state index contributed by atoms with van der Waals surface area (Å²) in [5, 5.41) is 4.50. The van der Waals surface area contributed by atoms with Crippen molar-refractivity contribution in [2.75, 3.05) is 26.3 Å². The first-order valence-corrected chi connectivity index (χ1v) is 8.61. The third kappa shape index (κ3) is 3.22. The summed E-state index contributed by atoms with van der Waals surface area (Å²) in [5.74, 6) is 1.50. The second kappa shape index (κ2) is 7.19. The highest BCUT2D eigenvalue weighted by Gasteiger charge is 2.29. The van der Waals surface area contributed by atoms with Crippen LogP contribution in [0.1, 0.15) is 31.0 Å². The van der Waals surface area contributed by atoms with Crippen LogP contribution in [0.5, 0.6) is 11.5 Å². The zero-order chi connectivity index (χ0) is 18.0. The largest absolute Gasteiger partial charge is 0.493 e. The van der Waals surface area contributed by atoms with Crippen molar-refractivity contribution in [2.24, 2.45) is 0 Å². The van der Waals surface area contributed by atoms with E-state index in [1.807, 2.05) is 12.1 Å². The third-order valence-electron chi connectivity index (χ3n) is 4.79. The van der Waals surface area contributed by atoms with Gasteiger partial charge in [0, 0.05) is 12.7 Å². The molecule has 0 spiro atoms. The first-order valence-electron chi connectivity index (χ1n) is 8.61. The Morgan fingerprint density at radius 1 is 0.960 bits per heavy atom. The number of hydrogen-bond acceptors (Lipinski definition) is 4. The van der Waals surface area contributed by atoms with Gasteiger partial charge in [-0.15, -0.1) is 0 Å². The Kier molecular flexibility index (Phi) is 5.00. The minimum absolute atomic E-state index is 0.158. The molecule has 0 aliphatic carbocycles. The number of methoxy groups -OCH3 is 2. The molecule has 0 saturated carbocycles. The number of benzene rings is 2. The van der Waals surface area contributed by atoms with E-state index in [0.717, 1.165) is 17.9 Å². The highest BCUT2D eigenvalue weighted by Crippen LogP contribution is 2.38. The Bertz CT molecular complexity index is 768.